The fourth-order valence-electron chi connectivity index (χ4n) is 2.76. The fourth-order valence-corrected chi connectivity index (χ4v) is 2.76. The van der Waals surface area contributed by atoms with Crippen molar-refractivity contribution in [3.05, 3.63) is 106 Å². The summed E-state index contributed by atoms with van der Waals surface area (Å²) in [7, 11) is 0. The maximum Gasteiger partial charge on any atom is 0.204 e. The molecule has 0 aliphatic rings. The smallest absolute Gasteiger partial charge is 0.204 e. The molecule has 4 heteroatoms. The van der Waals surface area contributed by atoms with Gasteiger partial charge in [0.25, 0.3) is 0 Å². The van der Waals surface area contributed by atoms with Crippen LogP contribution in [0.4, 0.5) is 0 Å². The first-order chi connectivity index (χ1) is 13.7. The van der Waals surface area contributed by atoms with Gasteiger partial charge in [0.1, 0.15) is 23.3 Å². The monoisotopic (exact) mass is 362 g/mol. The third-order valence-corrected chi connectivity index (χ3v) is 4.21. The zero-order chi connectivity index (χ0) is 19.9. The molecule has 0 fully saturated rings. The lowest BCUT2D eigenvalue weighted by molar-refractivity contribution is 0.104. The van der Waals surface area contributed by atoms with Gasteiger partial charge in [-0.05, 0) is 10.4 Å². The van der Waals surface area contributed by atoms with Crippen LogP contribution in [0.15, 0.2) is 84.9 Å². The number of hydrogen-bond acceptors (Lipinski definition) is 4. The van der Waals surface area contributed by atoms with Crippen LogP contribution in [0.25, 0.3) is 11.1 Å². The van der Waals surface area contributed by atoms with Crippen LogP contribution in [0.3, 0.4) is 0 Å². The minimum Gasteiger partial charge on any atom is -0.288 e. The van der Waals surface area contributed by atoms with Gasteiger partial charge in [0.15, 0.2) is 0 Å². The maximum atomic E-state index is 12.6. The van der Waals surface area contributed by atoms with E-state index < -0.39 is 0 Å². The van der Waals surface area contributed by atoms with E-state index in [1.54, 1.807) is 84.9 Å². The Kier molecular flexibility index (Phi) is 5.55. The normalized spacial score (nSPS) is 9.64. The predicted molar refractivity (Wildman–Crippen MR) is 105 cm³/mol. The molecule has 0 heterocycles. The van der Waals surface area contributed by atoms with E-state index in [9.17, 15) is 20.1 Å². The second-order valence-electron chi connectivity index (χ2n) is 5.94. The Hall–Kier alpha value is -4.28. The quantitative estimate of drug-likeness (QED) is 0.668. The molecule has 0 radical (unpaired) electrons. The minimum absolute atomic E-state index is 0.00523. The molecule has 0 aliphatic carbocycles. The second kappa shape index (κ2) is 8.40. The first-order valence-electron chi connectivity index (χ1n) is 8.50. The highest BCUT2D eigenvalue weighted by molar-refractivity contribution is 6.29. The Balaban J connectivity index is 2.09. The Morgan fingerprint density at radius 2 is 0.857 bits per heavy atom. The Labute approximate surface area is 161 Å². The summed E-state index contributed by atoms with van der Waals surface area (Å²) in [5.41, 5.74) is 0.856. The average Bonchev–Trinajstić information content (AvgIpc) is 2.77. The van der Waals surface area contributed by atoms with Crippen molar-refractivity contribution in [1.82, 2.24) is 0 Å². The summed E-state index contributed by atoms with van der Waals surface area (Å²) in [6.45, 7) is 0. The molecule has 0 bridgehead atoms. The summed E-state index contributed by atoms with van der Waals surface area (Å²) in [4.78, 5) is 25.1. The average molecular weight is 362 g/mol. The van der Waals surface area contributed by atoms with Gasteiger partial charge in [-0.1, -0.05) is 84.9 Å². The second-order valence-corrected chi connectivity index (χ2v) is 5.94. The molecule has 132 valence electrons. The molecule has 0 saturated carbocycles. The standard InChI is InChI=1S/C24H14N2O2/c25-15-21(23(27)19-7-3-1-4-8-19)17-11-13-18(14-12-17)22(16-26)24(28)20-9-5-2-6-10-20/h1-14H. The Bertz CT molecular complexity index is 1120. The highest BCUT2D eigenvalue weighted by atomic mass is 16.1. The molecule has 4 nitrogen and oxygen atoms in total. The van der Waals surface area contributed by atoms with Crippen molar-refractivity contribution in [3.8, 4) is 12.1 Å². The number of nitriles is 2. The molecule has 0 spiro atoms. The van der Waals surface area contributed by atoms with Crippen molar-refractivity contribution < 1.29 is 9.59 Å². The Morgan fingerprint density at radius 1 is 0.536 bits per heavy atom. The van der Waals surface area contributed by atoms with Crippen molar-refractivity contribution in [2.45, 2.75) is 0 Å². The molecule has 0 atom stereocenters. The van der Waals surface area contributed by atoms with Crippen molar-refractivity contribution in [2.75, 3.05) is 0 Å². The summed E-state index contributed by atoms with van der Waals surface area (Å²) < 4.78 is 0. The lowest BCUT2D eigenvalue weighted by atomic mass is 10.00. The van der Waals surface area contributed by atoms with Crippen LogP contribution in [-0.2, 0) is 0 Å². The van der Waals surface area contributed by atoms with Gasteiger partial charge in [-0.2, -0.15) is 10.5 Å². The third kappa shape index (κ3) is 3.77. The first kappa shape index (κ1) is 18.5. The van der Waals surface area contributed by atoms with Gasteiger partial charge < -0.3 is 0 Å². The molecule has 3 aromatic rings. The highest BCUT2D eigenvalue weighted by Gasteiger charge is 2.14. The van der Waals surface area contributed by atoms with E-state index in [-0.39, 0.29) is 22.7 Å². The SMILES string of the molecule is N#CC(C(=O)c1ccccc1)=c1ccc(=C(C#N)C(=O)c2ccccc2)cc1. The minimum atomic E-state index is -0.374. The van der Waals surface area contributed by atoms with Gasteiger partial charge in [-0.3, -0.25) is 9.59 Å². The molecule has 0 amide bonds. The number of ketones is 2. The molecule has 0 N–H and O–H groups in total. The largest absolute Gasteiger partial charge is 0.288 e. The Morgan fingerprint density at radius 3 is 1.14 bits per heavy atom. The summed E-state index contributed by atoms with van der Waals surface area (Å²) >= 11 is 0. The van der Waals surface area contributed by atoms with Crippen LogP contribution in [0.2, 0.25) is 0 Å². The van der Waals surface area contributed by atoms with Gasteiger partial charge in [0.05, 0.1) is 0 Å². The predicted octanol–water partition coefficient (Wildman–Crippen LogP) is 2.80. The number of hydrogen-bond donors (Lipinski definition) is 0. The lowest BCUT2D eigenvalue weighted by Gasteiger charge is -2.01. The van der Waals surface area contributed by atoms with Crippen LogP contribution in [-0.4, -0.2) is 11.6 Å². The van der Waals surface area contributed by atoms with E-state index >= 15 is 0 Å². The van der Waals surface area contributed by atoms with Crippen LogP contribution in [0.5, 0.6) is 0 Å². The van der Waals surface area contributed by atoms with Crippen LogP contribution in [0, 0.1) is 22.7 Å². The van der Waals surface area contributed by atoms with E-state index in [0.29, 0.717) is 21.6 Å². The molecule has 0 aliphatic heterocycles. The number of carbonyl (C=O) groups excluding carboxylic acids is 2. The van der Waals surface area contributed by atoms with Crippen LogP contribution in [0.1, 0.15) is 20.7 Å². The van der Waals surface area contributed by atoms with Crippen LogP contribution < -0.4 is 10.4 Å². The molecule has 3 aromatic carbocycles. The summed E-state index contributed by atoms with van der Waals surface area (Å²) in [5.74, 6) is -0.749. The van der Waals surface area contributed by atoms with E-state index in [2.05, 4.69) is 0 Å². The molecule has 28 heavy (non-hydrogen) atoms. The summed E-state index contributed by atoms with van der Waals surface area (Å²) in [6.07, 6.45) is 0. The van der Waals surface area contributed by atoms with Crippen molar-refractivity contribution in [3.63, 3.8) is 0 Å². The van der Waals surface area contributed by atoms with Crippen molar-refractivity contribution in [1.29, 1.82) is 10.5 Å². The number of rotatable bonds is 4. The first-order valence-corrected chi connectivity index (χ1v) is 8.50. The van der Waals surface area contributed by atoms with Gasteiger partial charge >= 0.3 is 0 Å². The zero-order valence-electron chi connectivity index (χ0n) is 14.8. The van der Waals surface area contributed by atoms with E-state index in [1.807, 2.05) is 12.1 Å². The fraction of sp³-hybridized carbons (Fsp3) is 0. The zero-order valence-corrected chi connectivity index (χ0v) is 14.8. The number of Topliss-reactive ketones (excluding diaryl/α,β-unsaturated/α-hetero) is 2. The lowest BCUT2D eigenvalue weighted by Crippen LogP contribution is -2.18. The number of nitrogens with zero attached hydrogens (tertiary/aromatic N) is 2. The van der Waals surface area contributed by atoms with Gasteiger partial charge in [0, 0.05) is 11.1 Å². The number of carbonyl (C=O) groups is 2. The molecule has 0 aromatic heterocycles. The van der Waals surface area contributed by atoms with Gasteiger partial charge in [-0.15, -0.1) is 0 Å². The molecule has 0 unspecified atom stereocenters. The van der Waals surface area contributed by atoms with E-state index in [4.69, 9.17) is 0 Å². The van der Waals surface area contributed by atoms with Gasteiger partial charge in [0.2, 0.25) is 11.6 Å². The molecular weight excluding hydrogens is 348 g/mol. The molecule has 0 saturated heterocycles. The number of benzene rings is 3. The summed E-state index contributed by atoms with van der Waals surface area (Å²) in [6, 6.07) is 27.3. The van der Waals surface area contributed by atoms with E-state index in [0.717, 1.165) is 0 Å². The van der Waals surface area contributed by atoms with Crippen LogP contribution >= 0.6 is 0 Å². The van der Waals surface area contributed by atoms with Gasteiger partial charge in [-0.25, -0.2) is 0 Å². The van der Waals surface area contributed by atoms with E-state index in [1.165, 1.54) is 0 Å². The topological polar surface area (TPSA) is 81.7 Å². The van der Waals surface area contributed by atoms with Crippen molar-refractivity contribution >= 4 is 22.7 Å². The third-order valence-electron chi connectivity index (χ3n) is 4.21. The highest BCUT2D eigenvalue weighted by Crippen LogP contribution is 2.08. The van der Waals surface area contributed by atoms with Crippen molar-refractivity contribution in [2.24, 2.45) is 0 Å². The molecular formula is C24H14N2O2. The maximum absolute atomic E-state index is 12.6. The molecule has 3 rings (SSSR count). The summed E-state index contributed by atoms with van der Waals surface area (Å²) in [5, 5.41) is 19.8.